The number of nitrogens with zero attached hydrogens (tertiary/aromatic N) is 1. The maximum atomic E-state index is 13.2. The smallest absolute Gasteiger partial charge is 0.254 e. The summed E-state index contributed by atoms with van der Waals surface area (Å²) in [7, 11) is 0. The highest BCUT2D eigenvalue weighted by Gasteiger charge is 2.43. The van der Waals surface area contributed by atoms with E-state index in [1.54, 1.807) is 18.2 Å². The van der Waals surface area contributed by atoms with Crippen LogP contribution in [-0.2, 0) is 0 Å². The first-order valence-corrected chi connectivity index (χ1v) is 8.90. The number of aryl methyl sites for hydroxylation is 1. The molecule has 25 heavy (non-hydrogen) atoms. The number of carbonyl (C=O) groups is 1. The first-order valence-electron chi connectivity index (χ1n) is 8.90. The monoisotopic (exact) mass is 339 g/mol. The van der Waals surface area contributed by atoms with Crippen molar-refractivity contribution < 1.29 is 14.3 Å². The quantitative estimate of drug-likeness (QED) is 0.881. The fourth-order valence-electron chi connectivity index (χ4n) is 4.45. The highest BCUT2D eigenvalue weighted by atomic mass is 19.1. The fourth-order valence-corrected chi connectivity index (χ4v) is 4.45. The molecule has 0 spiro atoms. The number of hydrogen-bond acceptors (Lipinski definition) is 2. The summed E-state index contributed by atoms with van der Waals surface area (Å²) in [6.07, 6.45) is 3.94. The molecule has 2 heterocycles. The summed E-state index contributed by atoms with van der Waals surface area (Å²) < 4.78 is 13.2. The standard InChI is InChI=1S/C21H22FNO2/c1-13-10-15(4-9-20(13)24)21(25)23-18-7-8-19(23)12-16(11-18)14-2-5-17(22)6-3-14/h2-6,9-10,16,18-19,24H,7-8,11-12H2,1H3/t16?,18-,19+. The molecule has 1 unspecified atom stereocenters. The number of aromatic hydroxyl groups is 1. The lowest BCUT2D eigenvalue weighted by atomic mass is 9.84. The van der Waals surface area contributed by atoms with Crippen molar-refractivity contribution in [3.63, 3.8) is 0 Å². The Kier molecular flexibility index (Phi) is 3.98. The largest absolute Gasteiger partial charge is 0.508 e. The van der Waals surface area contributed by atoms with Crippen LogP contribution >= 0.6 is 0 Å². The van der Waals surface area contributed by atoms with Crippen LogP contribution in [-0.4, -0.2) is 28.0 Å². The van der Waals surface area contributed by atoms with Gasteiger partial charge >= 0.3 is 0 Å². The van der Waals surface area contributed by atoms with Crippen molar-refractivity contribution in [3.8, 4) is 5.75 Å². The Balaban J connectivity index is 1.55. The molecule has 2 aliphatic heterocycles. The molecule has 1 N–H and O–H groups in total. The van der Waals surface area contributed by atoms with E-state index in [0.717, 1.165) is 31.2 Å². The Morgan fingerprint density at radius 1 is 1.08 bits per heavy atom. The topological polar surface area (TPSA) is 40.5 Å². The SMILES string of the molecule is Cc1cc(C(=O)N2[C@@H]3CC[C@H]2CC(c2ccc(F)cc2)C3)ccc1O. The molecule has 0 radical (unpaired) electrons. The second-order valence-electron chi connectivity index (χ2n) is 7.32. The summed E-state index contributed by atoms with van der Waals surface area (Å²) in [5, 5.41) is 9.68. The lowest BCUT2D eigenvalue weighted by Gasteiger charge is -2.39. The lowest BCUT2D eigenvalue weighted by Crippen LogP contribution is -2.46. The molecule has 2 aromatic rings. The molecule has 3 atom stereocenters. The summed E-state index contributed by atoms with van der Waals surface area (Å²) in [6.45, 7) is 1.81. The molecule has 1 amide bonds. The van der Waals surface area contributed by atoms with Crippen LogP contribution in [0.3, 0.4) is 0 Å². The lowest BCUT2D eigenvalue weighted by molar-refractivity contribution is 0.0571. The predicted octanol–water partition coefficient (Wildman–Crippen LogP) is 4.39. The number of amides is 1. The number of benzene rings is 2. The van der Waals surface area contributed by atoms with Gasteiger partial charge in [-0.05, 0) is 80.0 Å². The summed E-state index contributed by atoms with van der Waals surface area (Å²) in [4.78, 5) is 15.1. The van der Waals surface area contributed by atoms with Crippen molar-refractivity contribution in [2.24, 2.45) is 0 Å². The molecule has 0 aliphatic carbocycles. The molecule has 4 heteroatoms. The van der Waals surface area contributed by atoms with Crippen LogP contribution in [0.5, 0.6) is 5.75 Å². The first kappa shape index (κ1) is 16.1. The van der Waals surface area contributed by atoms with Gasteiger partial charge in [0, 0.05) is 17.6 Å². The second kappa shape index (κ2) is 6.17. The normalized spacial score (nSPS) is 25.2. The summed E-state index contributed by atoms with van der Waals surface area (Å²) in [5.74, 6) is 0.466. The van der Waals surface area contributed by atoms with Gasteiger partial charge in [0.2, 0.25) is 0 Å². The summed E-state index contributed by atoms with van der Waals surface area (Å²) >= 11 is 0. The fraction of sp³-hybridized carbons (Fsp3) is 0.381. The number of piperidine rings is 1. The minimum Gasteiger partial charge on any atom is -0.508 e. The molecule has 0 saturated carbocycles. The van der Waals surface area contributed by atoms with Gasteiger partial charge in [-0.15, -0.1) is 0 Å². The average Bonchev–Trinajstić information content (AvgIpc) is 2.87. The van der Waals surface area contributed by atoms with Crippen molar-refractivity contribution in [1.29, 1.82) is 0 Å². The number of fused-ring (bicyclic) bond motifs is 2. The Bertz CT molecular complexity index is 788. The van der Waals surface area contributed by atoms with E-state index in [-0.39, 0.29) is 29.6 Å². The van der Waals surface area contributed by atoms with E-state index in [1.165, 1.54) is 17.7 Å². The van der Waals surface area contributed by atoms with Gasteiger partial charge in [-0.2, -0.15) is 0 Å². The average molecular weight is 339 g/mol. The van der Waals surface area contributed by atoms with Gasteiger partial charge in [-0.25, -0.2) is 4.39 Å². The minimum atomic E-state index is -0.206. The van der Waals surface area contributed by atoms with Gasteiger partial charge in [-0.1, -0.05) is 12.1 Å². The molecule has 2 bridgehead atoms. The predicted molar refractivity (Wildman–Crippen MR) is 94.2 cm³/mol. The third-order valence-corrected chi connectivity index (χ3v) is 5.75. The van der Waals surface area contributed by atoms with Crippen LogP contribution in [0.2, 0.25) is 0 Å². The Hall–Kier alpha value is -2.36. The van der Waals surface area contributed by atoms with Gasteiger partial charge in [0.05, 0.1) is 0 Å². The van der Waals surface area contributed by atoms with Crippen molar-refractivity contribution in [1.82, 2.24) is 4.90 Å². The molecule has 2 fully saturated rings. The third-order valence-electron chi connectivity index (χ3n) is 5.75. The highest BCUT2D eigenvalue weighted by Crippen LogP contribution is 2.43. The number of rotatable bonds is 2. The van der Waals surface area contributed by atoms with Crippen LogP contribution in [0.15, 0.2) is 42.5 Å². The Morgan fingerprint density at radius 3 is 2.32 bits per heavy atom. The maximum absolute atomic E-state index is 13.2. The number of phenolic OH excluding ortho intramolecular Hbond substituents is 1. The maximum Gasteiger partial charge on any atom is 0.254 e. The van der Waals surface area contributed by atoms with E-state index < -0.39 is 0 Å². The number of halogens is 1. The number of carbonyl (C=O) groups excluding carboxylic acids is 1. The van der Waals surface area contributed by atoms with Gasteiger partial charge in [0.25, 0.3) is 5.91 Å². The molecule has 3 nitrogen and oxygen atoms in total. The Morgan fingerprint density at radius 2 is 1.72 bits per heavy atom. The summed E-state index contributed by atoms with van der Waals surface area (Å²) in [5.41, 5.74) is 2.54. The third kappa shape index (κ3) is 2.90. The molecular weight excluding hydrogens is 317 g/mol. The van der Waals surface area contributed by atoms with Crippen LogP contribution in [0.4, 0.5) is 4.39 Å². The van der Waals surface area contributed by atoms with Crippen LogP contribution in [0.25, 0.3) is 0 Å². The highest BCUT2D eigenvalue weighted by molar-refractivity contribution is 5.95. The zero-order valence-electron chi connectivity index (χ0n) is 14.3. The number of hydrogen-bond donors (Lipinski definition) is 1. The second-order valence-corrected chi connectivity index (χ2v) is 7.32. The molecular formula is C21H22FNO2. The van der Waals surface area contributed by atoms with Gasteiger partial charge in [0.1, 0.15) is 11.6 Å². The van der Waals surface area contributed by atoms with E-state index in [4.69, 9.17) is 0 Å². The molecule has 4 rings (SSSR count). The molecule has 2 saturated heterocycles. The van der Waals surface area contributed by atoms with Crippen LogP contribution in [0.1, 0.15) is 53.1 Å². The van der Waals surface area contributed by atoms with E-state index in [2.05, 4.69) is 0 Å². The summed E-state index contributed by atoms with van der Waals surface area (Å²) in [6, 6.07) is 12.4. The van der Waals surface area contributed by atoms with Gasteiger partial charge in [0.15, 0.2) is 0 Å². The van der Waals surface area contributed by atoms with E-state index in [1.807, 2.05) is 24.0 Å². The first-order chi connectivity index (χ1) is 12.0. The van der Waals surface area contributed by atoms with Gasteiger partial charge < -0.3 is 10.0 Å². The number of phenols is 1. The van der Waals surface area contributed by atoms with Crippen molar-refractivity contribution >= 4 is 5.91 Å². The van der Waals surface area contributed by atoms with Crippen molar-refractivity contribution in [2.75, 3.05) is 0 Å². The molecule has 130 valence electrons. The van der Waals surface area contributed by atoms with E-state index in [9.17, 15) is 14.3 Å². The van der Waals surface area contributed by atoms with E-state index in [0.29, 0.717) is 11.5 Å². The zero-order chi connectivity index (χ0) is 17.6. The van der Waals surface area contributed by atoms with Gasteiger partial charge in [-0.3, -0.25) is 4.79 Å². The van der Waals surface area contributed by atoms with Crippen LogP contribution < -0.4 is 0 Å². The molecule has 2 aliphatic rings. The zero-order valence-corrected chi connectivity index (χ0v) is 14.3. The molecule has 2 aromatic carbocycles. The van der Waals surface area contributed by atoms with Crippen LogP contribution in [0, 0.1) is 12.7 Å². The van der Waals surface area contributed by atoms with Crippen molar-refractivity contribution in [2.45, 2.75) is 50.6 Å². The van der Waals surface area contributed by atoms with E-state index >= 15 is 0 Å². The minimum absolute atomic E-state index is 0.0631. The van der Waals surface area contributed by atoms with Crippen molar-refractivity contribution in [3.05, 3.63) is 65.0 Å². The molecule has 0 aromatic heterocycles. The Labute approximate surface area is 147 Å².